The number of nitrogens with zero attached hydrogens (tertiary/aromatic N) is 1. The number of amides is 1. The SMILES string of the molecule is O=C(c1ccccc1)N1CCCC2OCOC21. The predicted octanol–water partition coefficient (Wildman–Crippen LogP) is 1.62. The fourth-order valence-corrected chi connectivity index (χ4v) is 2.46. The molecule has 0 radical (unpaired) electrons. The smallest absolute Gasteiger partial charge is 0.255 e. The number of carbonyl (C=O) groups is 1. The van der Waals surface area contributed by atoms with Gasteiger partial charge in [0.25, 0.3) is 5.91 Å². The molecule has 4 heteroatoms. The minimum atomic E-state index is -0.198. The van der Waals surface area contributed by atoms with E-state index in [9.17, 15) is 4.79 Å². The van der Waals surface area contributed by atoms with Gasteiger partial charge >= 0.3 is 0 Å². The summed E-state index contributed by atoms with van der Waals surface area (Å²) in [6.45, 7) is 1.05. The molecule has 2 unspecified atom stereocenters. The quantitative estimate of drug-likeness (QED) is 0.740. The maximum atomic E-state index is 12.3. The minimum Gasteiger partial charge on any atom is -0.347 e. The van der Waals surface area contributed by atoms with E-state index in [0.29, 0.717) is 12.4 Å². The molecule has 2 heterocycles. The number of piperidine rings is 1. The Balaban J connectivity index is 1.81. The summed E-state index contributed by atoms with van der Waals surface area (Å²) in [7, 11) is 0. The van der Waals surface area contributed by atoms with Gasteiger partial charge in [0, 0.05) is 12.1 Å². The van der Waals surface area contributed by atoms with E-state index >= 15 is 0 Å². The number of hydrogen-bond donors (Lipinski definition) is 0. The second-order valence-corrected chi connectivity index (χ2v) is 4.39. The second kappa shape index (κ2) is 4.47. The van der Waals surface area contributed by atoms with Gasteiger partial charge in [-0.3, -0.25) is 4.79 Å². The molecule has 1 aromatic carbocycles. The molecule has 0 aromatic heterocycles. The molecule has 2 atom stereocenters. The summed E-state index contributed by atoms with van der Waals surface area (Å²) >= 11 is 0. The number of likely N-dealkylation sites (tertiary alicyclic amines) is 1. The lowest BCUT2D eigenvalue weighted by molar-refractivity contribution is -0.0296. The van der Waals surface area contributed by atoms with Gasteiger partial charge in [0.05, 0.1) is 0 Å². The zero-order valence-electron chi connectivity index (χ0n) is 9.54. The Hall–Kier alpha value is -1.39. The van der Waals surface area contributed by atoms with Crippen molar-refractivity contribution in [3.8, 4) is 0 Å². The summed E-state index contributed by atoms with van der Waals surface area (Å²) < 4.78 is 11.0. The van der Waals surface area contributed by atoms with Gasteiger partial charge in [0.15, 0.2) is 6.23 Å². The summed E-state index contributed by atoms with van der Waals surface area (Å²) in [5.41, 5.74) is 0.712. The second-order valence-electron chi connectivity index (χ2n) is 4.39. The zero-order valence-corrected chi connectivity index (χ0v) is 9.54. The summed E-state index contributed by atoms with van der Waals surface area (Å²) in [5.74, 6) is 0.0331. The van der Waals surface area contributed by atoms with Crippen molar-refractivity contribution in [3.63, 3.8) is 0 Å². The van der Waals surface area contributed by atoms with Gasteiger partial charge in [-0.25, -0.2) is 0 Å². The number of rotatable bonds is 1. The van der Waals surface area contributed by atoms with Crippen LogP contribution < -0.4 is 0 Å². The van der Waals surface area contributed by atoms with Gasteiger partial charge < -0.3 is 14.4 Å². The van der Waals surface area contributed by atoms with Crippen LogP contribution in [0.3, 0.4) is 0 Å². The van der Waals surface area contributed by atoms with Gasteiger partial charge in [-0.1, -0.05) is 18.2 Å². The molecule has 0 bridgehead atoms. The van der Waals surface area contributed by atoms with Gasteiger partial charge in [0.1, 0.15) is 12.9 Å². The molecule has 4 nitrogen and oxygen atoms in total. The number of benzene rings is 1. The highest BCUT2D eigenvalue weighted by Crippen LogP contribution is 2.27. The van der Waals surface area contributed by atoms with Gasteiger partial charge in [0.2, 0.25) is 0 Å². The third kappa shape index (κ3) is 1.94. The van der Waals surface area contributed by atoms with E-state index in [-0.39, 0.29) is 18.2 Å². The lowest BCUT2D eigenvalue weighted by atomic mass is 10.0. The van der Waals surface area contributed by atoms with Crippen LogP contribution in [0.15, 0.2) is 30.3 Å². The standard InChI is InChI=1S/C13H15NO3/c15-12(10-5-2-1-3-6-10)14-8-4-7-11-13(14)17-9-16-11/h1-3,5-6,11,13H,4,7-9H2. The fourth-order valence-electron chi connectivity index (χ4n) is 2.46. The number of hydrogen-bond acceptors (Lipinski definition) is 3. The number of carbonyl (C=O) groups excluding carboxylic acids is 1. The fraction of sp³-hybridized carbons (Fsp3) is 0.462. The van der Waals surface area contributed by atoms with Crippen molar-refractivity contribution < 1.29 is 14.3 Å². The van der Waals surface area contributed by atoms with Crippen LogP contribution in [0.2, 0.25) is 0 Å². The van der Waals surface area contributed by atoms with Crippen molar-refractivity contribution in [1.29, 1.82) is 0 Å². The first-order chi connectivity index (χ1) is 8.36. The van der Waals surface area contributed by atoms with Crippen molar-refractivity contribution in [1.82, 2.24) is 4.90 Å². The molecule has 17 heavy (non-hydrogen) atoms. The molecule has 1 amide bonds. The normalized spacial score (nSPS) is 27.9. The minimum absolute atomic E-state index is 0.0331. The first-order valence-corrected chi connectivity index (χ1v) is 5.95. The maximum absolute atomic E-state index is 12.3. The molecule has 2 aliphatic rings. The molecule has 3 rings (SSSR count). The maximum Gasteiger partial charge on any atom is 0.255 e. The van der Waals surface area contributed by atoms with Crippen molar-refractivity contribution in [2.24, 2.45) is 0 Å². The molecule has 0 N–H and O–H groups in total. The van der Waals surface area contributed by atoms with Crippen LogP contribution in [0.5, 0.6) is 0 Å². The Morgan fingerprint density at radius 3 is 2.88 bits per heavy atom. The Morgan fingerprint density at radius 1 is 1.24 bits per heavy atom. The largest absolute Gasteiger partial charge is 0.347 e. The highest BCUT2D eigenvalue weighted by atomic mass is 16.7. The molecule has 0 spiro atoms. The highest BCUT2D eigenvalue weighted by molar-refractivity contribution is 5.94. The third-order valence-corrected chi connectivity index (χ3v) is 3.32. The molecular weight excluding hydrogens is 218 g/mol. The Labute approximate surface area is 100 Å². The molecule has 0 saturated carbocycles. The van der Waals surface area contributed by atoms with E-state index in [1.54, 1.807) is 4.90 Å². The molecule has 90 valence electrons. The van der Waals surface area contributed by atoms with E-state index in [2.05, 4.69) is 0 Å². The first-order valence-electron chi connectivity index (χ1n) is 5.95. The van der Waals surface area contributed by atoms with Crippen molar-refractivity contribution in [3.05, 3.63) is 35.9 Å². The van der Waals surface area contributed by atoms with Crippen molar-refractivity contribution >= 4 is 5.91 Å². The van der Waals surface area contributed by atoms with Crippen LogP contribution in [0.25, 0.3) is 0 Å². The lowest BCUT2D eigenvalue weighted by Gasteiger charge is -2.35. The van der Waals surface area contributed by atoms with Gasteiger partial charge in [-0.05, 0) is 25.0 Å². The molecule has 2 saturated heterocycles. The Kier molecular flexibility index (Phi) is 2.82. The van der Waals surface area contributed by atoms with Crippen LogP contribution >= 0.6 is 0 Å². The average Bonchev–Trinajstić information content (AvgIpc) is 2.87. The van der Waals surface area contributed by atoms with Crippen LogP contribution in [-0.4, -0.2) is 36.5 Å². The van der Waals surface area contributed by atoms with Crippen LogP contribution in [0.1, 0.15) is 23.2 Å². The number of ether oxygens (including phenoxy) is 2. The summed E-state index contributed by atoms with van der Waals surface area (Å²) in [4.78, 5) is 14.1. The monoisotopic (exact) mass is 233 g/mol. The van der Waals surface area contributed by atoms with Gasteiger partial charge in [-0.15, -0.1) is 0 Å². The third-order valence-electron chi connectivity index (χ3n) is 3.32. The molecule has 2 fully saturated rings. The average molecular weight is 233 g/mol. The van der Waals surface area contributed by atoms with E-state index in [1.165, 1.54) is 0 Å². The molecule has 1 aromatic rings. The summed E-state index contributed by atoms with van der Waals surface area (Å²) in [6, 6.07) is 9.33. The van der Waals surface area contributed by atoms with E-state index in [4.69, 9.17) is 9.47 Å². The molecule has 0 aliphatic carbocycles. The van der Waals surface area contributed by atoms with E-state index in [1.807, 2.05) is 30.3 Å². The molecule has 2 aliphatic heterocycles. The van der Waals surface area contributed by atoms with Crippen LogP contribution in [0, 0.1) is 0 Å². The topological polar surface area (TPSA) is 38.8 Å². The lowest BCUT2D eigenvalue weighted by Crippen LogP contribution is -2.49. The Bertz CT molecular complexity index is 406. The van der Waals surface area contributed by atoms with Gasteiger partial charge in [-0.2, -0.15) is 0 Å². The van der Waals surface area contributed by atoms with Crippen molar-refractivity contribution in [2.75, 3.05) is 13.3 Å². The van der Waals surface area contributed by atoms with Crippen LogP contribution in [0.4, 0.5) is 0 Å². The predicted molar refractivity (Wildman–Crippen MR) is 61.3 cm³/mol. The summed E-state index contributed by atoms with van der Waals surface area (Å²) in [6.07, 6.45) is 1.81. The summed E-state index contributed by atoms with van der Waals surface area (Å²) in [5, 5.41) is 0. The van der Waals surface area contributed by atoms with E-state index in [0.717, 1.165) is 19.4 Å². The molecular formula is C13H15NO3. The number of fused-ring (bicyclic) bond motifs is 1. The first kappa shape index (κ1) is 10.7. The van der Waals surface area contributed by atoms with Crippen molar-refractivity contribution in [2.45, 2.75) is 25.2 Å². The Morgan fingerprint density at radius 2 is 2.06 bits per heavy atom. The zero-order chi connectivity index (χ0) is 11.7. The van der Waals surface area contributed by atoms with Crippen LogP contribution in [-0.2, 0) is 9.47 Å². The highest BCUT2D eigenvalue weighted by Gasteiger charge is 2.39. The van der Waals surface area contributed by atoms with E-state index < -0.39 is 0 Å².